The van der Waals surface area contributed by atoms with Crippen LogP contribution in [0, 0.1) is 23.2 Å². The summed E-state index contributed by atoms with van der Waals surface area (Å²) in [7, 11) is -3.28. The molecule has 6 nitrogen and oxygen atoms in total. The molecule has 7 heteroatoms. The van der Waals surface area contributed by atoms with Crippen molar-refractivity contribution < 1.29 is 17.9 Å². The Morgan fingerprint density at radius 3 is 2.30 bits per heavy atom. The topological polar surface area (TPSA) is 79.6 Å². The van der Waals surface area contributed by atoms with Gasteiger partial charge < -0.3 is 9.47 Å². The van der Waals surface area contributed by atoms with Gasteiger partial charge in [0.15, 0.2) is 5.60 Å². The molecule has 1 saturated carbocycles. The van der Waals surface area contributed by atoms with Crippen molar-refractivity contribution in [2.75, 3.05) is 38.7 Å². The van der Waals surface area contributed by atoms with E-state index in [0.717, 1.165) is 24.7 Å². The van der Waals surface area contributed by atoms with Crippen molar-refractivity contribution in [2.24, 2.45) is 11.8 Å². The van der Waals surface area contributed by atoms with E-state index in [1.54, 1.807) is 4.31 Å². The van der Waals surface area contributed by atoms with Crippen LogP contribution < -0.4 is 0 Å². The molecule has 3 rings (SSSR count). The minimum Gasteiger partial charge on any atom is -0.381 e. The van der Waals surface area contributed by atoms with Crippen LogP contribution in [0.5, 0.6) is 0 Å². The molecule has 0 radical (unpaired) electrons. The van der Waals surface area contributed by atoms with Gasteiger partial charge in [-0.05, 0) is 37.5 Å². The van der Waals surface area contributed by atoms with Crippen LogP contribution in [0.3, 0.4) is 0 Å². The molecule has 23 heavy (non-hydrogen) atoms. The summed E-state index contributed by atoms with van der Waals surface area (Å²) < 4.78 is 37.4. The Hall–Kier alpha value is -0.680. The Kier molecular flexibility index (Phi) is 5.26. The van der Waals surface area contributed by atoms with E-state index in [1.165, 1.54) is 12.8 Å². The van der Waals surface area contributed by atoms with E-state index in [-0.39, 0.29) is 12.4 Å². The lowest BCUT2D eigenvalue weighted by atomic mass is 9.93. The van der Waals surface area contributed by atoms with Gasteiger partial charge in [0, 0.05) is 25.9 Å². The Morgan fingerprint density at radius 2 is 1.74 bits per heavy atom. The number of hydrogen-bond acceptors (Lipinski definition) is 5. The molecule has 2 saturated heterocycles. The highest BCUT2D eigenvalue weighted by molar-refractivity contribution is 7.89. The second-order valence-electron chi connectivity index (χ2n) is 6.96. The Labute approximate surface area is 138 Å². The van der Waals surface area contributed by atoms with E-state index in [4.69, 9.17) is 9.47 Å². The first-order valence-corrected chi connectivity index (χ1v) is 10.3. The molecule has 2 aliphatic heterocycles. The minimum absolute atomic E-state index is 0.0363. The highest BCUT2D eigenvalue weighted by Gasteiger charge is 2.37. The zero-order valence-electron chi connectivity index (χ0n) is 13.6. The van der Waals surface area contributed by atoms with Crippen molar-refractivity contribution in [3.63, 3.8) is 0 Å². The first kappa shape index (κ1) is 17.2. The summed E-state index contributed by atoms with van der Waals surface area (Å²) in [6, 6.07) is 2.20. The second-order valence-corrected chi connectivity index (χ2v) is 9.05. The first-order valence-electron chi connectivity index (χ1n) is 8.65. The van der Waals surface area contributed by atoms with Gasteiger partial charge >= 0.3 is 0 Å². The third kappa shape index (κ3) is 4.24. The highest BCUT2D eigenvalue weighted by Crippen LogP contribution is 2.42. The van der Waals surface area contributed by atoms with Crippen molar-refractivity contribution in [1.29, 1.82) is 5.26 Å². The van der Waals surface area contributed by atoms with E-state index >= 15 is 0 Å². The van der Waals surface area contributed by atoms with Crippen molar-refractivity contribution in [1.82, 2.24) is 4.31 Å². The summed E-state index contributed by atoms with van der Waals surface area (Å²) in [6.45, 7) is 2.35. The number of sulfonamides is 1. The minimum atomic E-state index is -3.28. The number of ether oxygens (including phenoxy) is 2. The number of nitriles is 1. The van der Waals surface area contributed by atoms with Crippen molar-refractivity contribution >= 4 is 10.0 Å². The molecular formula is C16H26N2O4S. The SMILES string of the molecule is N#CC1(OCCS(=O)(=O)N2CCC(C3CC3)CC2)CCOCC1. The van der Waals surface area contributed by atoms with E-state index in [2.05, 4.69) is 6.07 Å². The maximum atomic E-state index is 12.5. The molecule has 3 aliphatic rings. The van der Waals surface area contributed by atoms with Gasteiger partial charge in [-0.1, -0.05) is 0 Å². The van der Waals surface area contributed by atoms with Crippen LogP contribution in [0.4, 0.5) is 0 Å². The standard InChI is InChI=1S/C16H26N2O4S/c17-13-16(5-9-21-10-6-16)22-11-12-23(19,20)18-7-3-15(4-8-18)14-1-2-14/h14-15H,1-12H2. The number of hydrogen-bond donors (Lipinski definition) is 0. The molecule has 0 unspecified atom stereocenters. The maximum Gasteiger partial charge on any atom is 0.216 e. The van der Waals surface area contributed by atoms with Gasteiger partial charge in [-0.25, -0.2) is 12.7 Å². The van der Waals surface area contributed by atoms with Crippen molar-refractivity contribution in [3.05, 3.63) is 0 Å². The van der Waals surface area contributed by atoms with E-state index < -0.39 is 15.6 Å². The zero-order valence-corrected chi connectivity index (χ0v) is 14.4. The van der Waals surface area contributed by atoms with Crippen LogP contribution >= 0.6 is 0 Å². The lowest BCUT2D eigenvalue weighted by Gasteiger charge is -2.33. The molecule has 0 spiro atoms. The van der Waals surface area contributed by atoms with Gasteiger partial charge in [-0.15, -0.1) is 0 Å². The fraction of sp³-hybridized carbons (Fsp3) is 0.938. The summed E-state index contributed by atoms with van der Waals surface area (Å²) in [5.74, 6) is 1.54. The molecule has 3 fully saturated rings. The second kappa shape index (κ2) is 7.06. The van der Waals surface area contributed by atoms with E-state index in [9.17, 15) is 13.7 Å². The Bertz CT molecular complexity index is 539. The van der Waals surface area contributed by atoms with Gasteiger partial charge in [-0.2, -0.15) is 5.26 Å². The van der Waals surface area contributed by atoms with Crippen LogP contribution in [0.25, 0.3) is 0 Å². The third-order valence-corrected chi connectivity index (χ3v) is 7.24. The van der Waals surface area contributed by atoms with Crippen LogP contribution in [0.15, 0.2) is 0 Å². The summed E-state index contributed by atoms with van der Waals surface area (Å²) in [5.41, 5.74) is -0.868. The summed E-state index contributed by atoms with van der Waals surface area (Å²) in [4.78, 5) is 0. The molecule has 0 bridgehead atoms. The summed E-state index contributed by atoms with van der Waals surface area (Å²) in [5, 5.41) is 9.32. The molecule has 1 aliphatic carbocycles. The molecule has 130 valence electrons. The van der Waals surface area contributed by atoms with Crippen molar-refractivity contribution in [2.45, 2.75) is 44.1 Å². The predicted molar refractivity (Wildman–Crippen MR) is 85.2 cm³/mol. The first-order chi connectivity index (χ1) is 11.0. The quantitative estimate of drug-likeness (QED) is 0.731. The summed E-state index contributed by atoms with van der Waals surface area (Å²) in [6.07, 6.45) is 5.65. The molecule has 0 aromatic rings. The molecule has 0 N–H and O–H groups in total. The molecule has 0 atom stereocenters. The number of piperidine rings is 1. The largest absolute Gasteiger partial charge is 0.381 e. The molecule has 0 aromatic carbocycles. The maximum absolute atomic E-state index is 12.5. The fourth-order valence-electron chi connectivity index (χ4n) is 3.65. The van der Waals surface area contributed by atoms with Crippen LogP contribution in [0.2, 0.25) is 0 Å². The molecule has 2 heterocycles. The van der Waals surface area contributed by atoms with Crippen LogP contribution in [0.1, 0.15) is 38.5 Å². The average Bonchev–Trinajstić information content (AvgIpc) is 3.41. The lowest BCUT2D eigenvalue weighted by molar-refractivity contribution is -0.0710. The third-order valence-electron chi connectivity index (χ3n) is 5.40. The van der Waals surface area contributed by atoms with Gasteiger partial charge in [-0.3, -0.25) is 0 Å². The van der Waals surface area contributed by atoms with E-state index in [0.29, 0.717) is 39.1 Å². The lowest BCUT2D eigenvalue weighted by Crippen LogP contribution is -2.43. The van der Waals surface area contributed by atoms with E-state index in [1.807, 2.05) is 0 Å². The van der Waals surface area contributed by atoms with Crippen LogP contribution in [-0.4, -0.2) is 57.0 Å². The average molecular weight is 342 g/mol. The molecule has 0 aromatic heterocycles. The number of rotatable bonds is 6. The molecular weight excluding hydrogens is 316 g/mol. The van der Waals surface area contributed by atoms with Gasteiger partial charge in [0.1, 0.15) is 0 Å². The Morgan fingerprint density at radius 1 is 1.13 bits per heavy atom. The highest BCUT2D eigenvalue weighted by atomic mass is 32.2. The summed E-state index contributed by atoms with van der Waals surface area (Å²) >= 11 is 0. The monoisotopic (exact) mass is 342 g/mol. The van der Waals surface area contributed by atoms with Gasteiger partial charge in [0.05, 0.1) is 31.6 Å². The Balaban J connectivity index is 1.46. The van der Waals surface area contributed by atoms with Crippen LogP contribution in [-0.2, 0) is 19.5 Å². The van der Waals surface area contributed by atoms with Gasteiger partial charge in [0.25, 0.3) is 0 Å². The van der Waals surface area contributed by atoms with Crippen molar-refractivity contribution in [3.8, 4) is 6.07 Å². The molecule has 0 amide bonds. The fourth-order valence-corrected chi connectivity index (χ4v) is 4.97. The zero-order chi connectivity index (χ0) is 16.3. The smallest absolute Gasteiger partial charge is 0.216 e. The normalized spacial score (nSPS) is 26.7. The predicted octanol–water partition coefficient (Wildman–Crippen LogP) is 1.53. The van der Waals surface area contributed by atoms with Gasteiger partial charge in [0.2, 0.25) is 10.0 Å². The number of nitrogens with zero attached hydrogens (tertiary/aromatic N) is 2.